The van der Waals surface area contributed by atoms with Crippen molar-refractivity contribution < 1.29 is 14.5 Å². The highest BCUT2D eigenvalue weighted by Crippen LogP contribution is 2.39. The van der Waals surface area contributed by atoms with E-state index in [2.05, 4.69) is 20.6 Å². The van der Waals surface area contributed by atoms with Gasteiger partial charge in [0.1, 0.15) is 0 Å². The summed E-state index contributed by atoms with van der Waals surface area (Å²) in [5, 5.41) is 17.4. The first kappa shape index (κ1) is 20.2. The number of hydrogen-bond donors (Lipinski definition) is 2. The van der Waals surface area contributed by atoms with Crippen LogP contribution in [0.2, 0.25) is 0 Å². The highest BCUT2D eigenvalue weighted by atomic mass is 32.1. The molecule has 4 aromatic rings. The lowest BCUT2D eigenvalue weighted by Crippen LogP contribution is -2.20. The summed E-state index contributed by atoms with van der Waals surface area (Å²) in [5.74, 6) is -0.920. The lowest BCUT2D eigenvalue weighted by molar-refractivity contribution is -0.384. The lowest BCUT2D eigenvalue weighted by Gasteiger charge is -2.08. The molecule has 0 radical (unpaired) electrons. The summed E-state index contributed by atoms with van der Waals surface area (Å²) in [5.41, 5.74) is 1.77. The fourth-order valence-electron chi connectivity index (χ4n) is 3.57. The van der Waals surface area contributed by atoms with Crippen LogP contribution in [0.25, 0.3) is 10.2 Å². The number of benzene rings is 2. The van der Waals surface area contributed by atoms with Crippen LogP contribution in [0.4, 0.5) is 16.0 Å². The number of aromatic nitrogens is 2. The summed E-state index contributed by atoms with van der Waals surface area (Å²) in [6.07, 6.45) is 1.33. The van der Waals surface area contributed by atoms with E-state index < -0.39 is 10.8 Å². The number of hydrogen-bond acceptors (Lipinski definition) is 8. The molecule has 0 aliphatic heterocycles. The zero-order valence-electron chi connectivity index (χ0n) is 16.4. The van der Waals surface area contributed by atoms with Gasteiger partial charge in [-0.15, -0.1) is 11.3 Å². The number of carbonyl (C=O) groups excluding carboxylic acids is 2. The third-order valence-corrected chi connectivity index (χ3v) is 7.08. The molecule has 1 unspecified atom stereocenters. The molecule has 9 nitrogen and oxygen atoms in total. The average Bonchev–Trinajstić information content (AvgIpc) is 3.47. The van der Waals surface area contributed by atoms with Crippen LogP contribution in [0.5, 0.6) is 0 Å². The number of carbonyl (C=O) groups is 2. The van der Waals surface area contributed by atoms with E-state index in [-0.39, 0.29) is 17.5 Å². The van der Waals surface area contributed by atoms with Crippen molar-refractivity contribution in [2.45, 2.75) is 18.8 Å². The van der Waals surface area contributed by atoms with Crippen LogP contribution in [-0.2, 0) is 11.2 Å². The Labute approximate surface area is 189 Å². The predicted molar refractivity (Wildman–Crippen MR) is 122 cm³/mol. The van der Waals surface area contributed by atoms with Gasteiger partial charge in [-0.2, -0.15) is 0 Å². The summed E-state index contributed by atoms with van der Waals surface area (Å²) in [7, 11) is 0. The summed E-state index contributed by atoms with van der Waals surface area (Å²) in [6, 6.07) is 13.3. The largest absolute Gasteiger partial charge is 0.301 e. The molecule has 160 valence electrons. The fourth-order valence-corrected chi connectivity index (χ4v) is 5.50. The summed E-state index contributed by atoms with van der Waals surface area (Å²) < 4.78 is 0.626. The topological polar surface area (TPSA) is 127 Å². The summed E-state index contributed by atoms with van der Waals surface area (Å²) >= 11 is 2.57. The number of nitro benzene ring substituents is 1. The number of aryl methyl sites for hydroxylation is 1. The van der Waals surface area contributed by atoms with Gasteiger partial charge in [0.05, 0.1) is 26.8 Å². The average molecular weight is 466 g/mol. The third kappa shape index (κ3) is 3.83. The second kappa shape index (κ2) is 8.09. The quantitative estimate of drug-likeness (QED) is 0.328. The molecule has 5 rings (SSSR count). The van der Waals surface area contributed by atoms with Gasteiger partial charge in [0.15, 0.2) is 10.3 Å². The van der Waals surface area contributed by atoms with Crippen LogP contribution in [0.3, 0.4) is 0 Å². The molecule has 2 N–H and O–H groups in total. The van der Waals surface area contributed by atoms with Crippen molar-refractivity contribution in [1.82, 2.24) is 9.97 Å². The van der Waals surface area contributed by atoms with E-state index in [0.717, 1.165) is 4.88 Å². The number of fused-ring (bicyclic) bond motifs is 2. The molecule has 0 spiro atoms. The van der Waals surface area contributed by atoms with E-state index in [1.54, 1.807) is 30.3 Å². The number of thiazole rings is 2. The summed E-state index contributed by atoms with van der Waals surface area (Å²) in [4.78, 5) is 45.6. The molecule has 1 aliphatic rings. The fraction of sp³-hybridized carbons (Fsp3) is 0.143. The minimum Gasteiger partial charge on any atom is -0.301 e. The molecule has 0 bridgehead atoms. The minimum atomic E-state index is -0.464. The maximum absolute atomic E-state index is 12.9. The van der Waals surface area contributed by atoms with Crippen molar-refractivity contribution in [1.29, 1.82) is 0 Å². The van der Waals surface area contributed by atoms with E-state index in [1.165, 1.54) is 34.8 Å². The number of nitrogens with zero attached hydrogens (tertiary/aromatic N) is 3. The molecule has 1 atom stereocenters. The first-order valence-electron chi connectivity index (χ1n) is 9.70. The normalized spacial score (nSPS) is 14.8. The van der Waals surface area contributed by atoms with Crippen LogP contribution in [0.1, 0.15) is 33.3 Å². The van der Waals surface area contributed by atoms with Gasteiger partial charge in [-0.25, -0.2) is 9.97 Å². The van der Waals surface area contributed by atoms with Crippen molar-refractivity contribution in [2.24, 2.45) is 0 Å². The van der Waals surface area contributed by atoms with Crippen molar-refractivity contribution in [3.63, 3.8) is 0 Å². The lowest BCUT2D eigenvalue weighted by atomic mass is 10.1. The smallest absolute Gasteiger partial charge is 0.270 e. The van der Waals surface area contributed by atoms with Gasteiger partial charge in [0.25, 0.3) is 11.6 Å². The van der Waals surface area contributed by atoms with E-state index >= 15 is 0 Å². The van der Waals surface area contributed by atoms with Gasteiger partial charge in [0.2, 0.25) is 5.91 Å². The monoisotopic (exact) mass is 465 g/mol. The maximum Gasteiger partial charge on any atom is 0.270 e. The van der Waals surface area contributed by atoms with Crippen LogP contribution >= 0.6 is 22.7 Å². The number of non-ortho nitro benzene ring substituents is 1. The van der Waals surface area contributed by atoms with Crippen LogP contribution < -0.4 is 10.6 Å². The SMILES string of the molecule is O=C(Nc1nc2c(s1)CCC2C(=O)Nc1nc2ccc([N+](=O)[O-])cc2s1)c1ccccc1. The Balaban J connectivity index is 1.31. The van der Waals surface area contributed by atoms with Crippen molar-refractivity contribution >= 4 is 60.7 Å². The Bertz CT molecular complexity index is 1370. The van der Waals surface area contributed by atoms with Crippen LogP contribution in [0, 0.1) is 10.1 Å². The molecule has 1 aliphatic carbocycles. The van der Waals surface area contributed by atoms with Crippen LogP contribution in [-0.4, -0.2) is 26.7 Å². The van der Waals surface area contributed by atoms with Gasteiger partial charge in [-0.05, 0) is 31.0 Å². The molecule has 2 amide bonds. The number of nitro groups is 1. The van der Waals surface area contributed by atoms with E-state index in [1.807, 2.05) is 6.07 Å². The van der Waals surface area contributed by atoms with Crippen LogP contribution in [0.15, 0.2) is 48.5 Å². The van der Waals surface area contributed by atoms with Gasteiger partial charge >= 0.3 is 0 Å². The Morgan fingerprint density at radius 1 is 1.03 bits per heavy atom. The second-order valence-corrected chi connectivity index (χ2v) is 9.27. The number of amides is 2. The number of anilines is 2. The van der Waals surface area contributed by atoms with Crippen molar-refractivity contribution in [3.8, 4) is 0 Å². The first-order chi connectivity index (χ1) is 15.5. The first-order valence-corrected chi connectivity index (χ1v) is 11.3. The van der Waals surface area contributed by atoms with E-state index in [0.29, 0.717) is 44.6 Å². The molecule has 0 fully saturated rings. The van der Waals surface area contributed by atoms with Gasteiger partial charge in [-0.1, -0.05) is 29.5 Å². The van der Waals surface area contributed by atoms with Crippen molar-refractivity contribution in [3.05, 3.63) is 74.8 Å². The Kier molecular flexibility index (Phi) is 5.11. The van der Waals surface area contributed by atoms with Gasteiger partial charge < -0.3 is 5.32 Å². The predicted octanol–water partition coefficient (Wildman–Crippen LogP) is 4.58. The molecule has 2 aromatic carbocycles. The number of nitrogens with one attached hydrogen (secondary N) is 2. The standard InChI is InChI=1S/C21H15N5O4S2/c27-18(11-4-2-1-3-5-11)24-21-23-17-13(7-9-15(17)31-21)19(28)25-20-22-14-8-6-12(26(29)30)10-16(14)32-20/h1-6,8,10,13H,7,9H2,(H,22,25,28)(H,23,24,27). The van der Waals surface area contributed by atoms with Gasteiger partial charge in [-0.3, -0.25) is 25.0 Å². The molecule has 11 heteroatoms. The highest BCUT2D eigenvalue weighted by molar-refractivity contribution is 7.22. The third-order valence-electron chi connectivity index (χ3n) is 5.10. The molecule has 2 heterocycles. The highest BCUT2D eigenvalue weighted by Gasteiger charge is 2.33. The molecule has 32 heavy (non-hydrogen) atoms. The molecular formula is C21H15N5O4S2. The maximum atomic E-state index is 12.9. The molecule has 2 aromatic heterocycles. The van der Waals surface area contributed by atoms with Gasteiger partial charge in [0, 0.05) is 22.6 Å². The second-order valence-electron chi connectivity index (χ2n) is 7.16. The number of rotatable bonds is 5. The zero-order valence-corrected chi connectivity index (χ0v) is 18.0. The molecular weight excluding hydrogens is 450 g/mol. The zero-order chi connectivity index (χ0) is 22.2. The Hall–Kier alpha value is -3.70. The van der Waals surface area contributed by atoms with E-state index in [4.69, 9.17) is 0 Å². The minimum absolute atomic E-state index is 0.0213. The Morgan fingerprint density at radius 3 is 2.59 bits per heavy atom. The summed E-state index contributed by atoms with van der Waals surface area (Å²) in [6.45, 7) is 0. The Morgan fingerprint density at radius 2 is 1.81 bits per heavy atom. The molecule has 0 saturated heterocycles. The van der Waals surface area contributed by atoms with Crippen molar-refractivity contribution in [2.75, 3.05) is 10.6 Å². The van der Waals surface area contributed by atoms with E-state index in [9.17, 15) is 19.7 Å². The molecule has 0 saturated carbocycles.